The summed E-state index contributed by atoms with van der Waals surface area (Å²) in [5, 5.41) is 14.3. The Hall–Kier alpha value is -3.01. The minimum Gasteiger partial charge on any atom is -0.496 e. The molecular formula is C16H17N3O6S. The van der Waals surface area contributed by atoms with E-state index in [1.54, 1.807) is 13.8 Å². The van der Waals surface area contributed by atoms with Gasteiger partial charge in [-0.2, -0.15) is 0 Å². The van der Waals surface area contributed by atoms with E-state index in [1.807, 2.05) is 0 Å². The SMILES string of the molecule is COc1ccc(NC(=O)[C@@H](C)OC(=O)c2sc(C)nc2C)c([N+](=O)[O-])c1. The molecule has 1 aromatic heterocycles. The van der Waals surface area contributed by atoms with Crippen LogP contribution in [-0.4, -0.2) is 35.0 Å². The molecule has 0 aliphatic rings. The third-order valence-corrected chi connectivity index (χ3v) is 4.45. The zero-order chi connectivity index (χ0) is 19.4. The number of hydrogen-bond acceptors (Lipinski definition) is 8. The third-order valence-electron chi connectivity index (χ3n) is 3.40. The Morgan fingerprint density at radius 1 is 1.35 bits per heavy atom. The lowest BCUT2D eigenvalue weighted by atomic mass is 10.2. The predicted octanol–water partition coefficient (Wildman–Crippen LogP) is 2.86. The van der Waals surface area contributed by atoms with Crippen LogP contribution >= 0.6 is 11.3 Å². The van der Waals surface area contributed by atoms with E-state index < -0.39 is 22.9 Å². The first kappa shape index (κ1) is 19.3. The van der Waals surface area contributed by atoms with Crippen LogP contribution < -0.4 is 10.1 Å². The van der Waals surface area contributed by atoms with E-state index in [4.69, 9.17) is 9.47 Å². The van der Waals surface area contributed by atoms with Crippen molar-refractivity contribution in [2.45, 2.75) is 26.9 Å². The molecule has 1 heterocycles. The van der Waals surface area contributed by atoms with Crippen molar-refractivity contribution in [3.8, 4) is 5.75 Å². The molecule has 138 valence electrons. The Balaban J connectivity index is 2.11. The Morgan fingerprint density at radius 3 is 2.58 bits per heavy atom. The second kappa shape index (κ2) is 7.91. The van der Waals surface area contributed by atoms with Gasteiger partial charge in [0.1, 0.15) is 16.3 Å². The average molecular weight is 379 g/mol. The molecule has 0 spiro atoms. The number of carbonyl (C=O) groups excluding carboxylic acids is 2. The molecule has 0 radical (unpaired) electrons. The molecule has 10 heteroatoms. The van der Waals surface area contributed by atoms with Gasteiger partial charge >= 0.3 is 5.97 Å². The first-order valence-corrected chi connectivity index (χ1v) is 8.33. The lowest BCUT2D eigenvalue weighted by Crippen LogP contribution is -2.30. The van der Waals surface area contributed by atoms with E-state index in [9.17, 15) is 19.7 Å². The highest BCUT2D eigenvalue weighted by atomic mass is 32.1. The van der Waals surface area contributed by atoms with E-state index in [-0.39, 0.29) is 17.1 Å². The van der Waals surface area contributed by atoms with Crippen molar-refractivity contribution < 1.29 is 24.0 Å². The molecule has 26 heavy (non-hydrogen) atoms. The highest BCUT2D eigenvalue weighted by Gasteiger charge is 2.24. The summed E-state index contributed by atoms with van der Waals surface area (Å²) in [6.07, 6.45) is -1.15. The van der Waals surface area contributed by atoms with E-state index >= 15 is 0 Å². The summed E-state index contributed by atoms with van der Waals surface area (Å²) in [5.41, 5.74) is 0.176. The standard InChI is InChI=1S/C16H17N3O6S/c1-8-14(26-10(3)17-8)16(21)25-9(2)15(20)18-12-6-5-11(24-4)7-13(12)19(22)23/h5-7,9H,1-4H3,(H,18,20)/t9-/m1/s1. The Kier molecular flexibility index (Phi) is 5.88. The minimum atomic E-state index is -1.15. The fourth-order valence-corrected chi connectivity index (χ4v) is 2.92. The van der Waals surface area contributed by atoms with Gasteiger partial charge < -0.3 is 14.8 Å². The zero-order valence-electron chi connectivity index (χ0n) is 14.6. The number of carbonyl (C=O) groups is 2. The summed E-state index contributed by atoms with van der Waals surface area (Å²) >= 11 is 1.17. The summed E-state index contributed by atoms with van der Waals surface area (Å²) in [6, 6.07) is 4.01. The molecule has 0 aliphatic carbocycles. The topological polar surface area (TPSA) is 121 Å². The van der Waals surface area contributed by atoms with Gasteiger partial charge in [-0.25, -0.2) is 9.78 Å². The van der Waals surface area contributed by atoms with E-state index in [0.717, 1.165) is 0 Å². The number of anilines is 1. The summed E-state index contributed by atoms with van der Waals surface area (Å²) < 4.78 is 10.1. The largest absolute Gasteiger partial charge is 0.496 e. The van der Waals surface area contributed by atoms with Crippen molar-refractivity contribution in [1.29, 1.82) is 0 Å². The number of nitrogens with one attached hydrogen (secondary N) is 1. The van der Waals surface area contributed by atoms with Crippen LogP contribution in [0.5, 0.6) is 5.75 Å². The molecule has 0 aliphatic heterocycles. The molecular weight excluding hydrogens is 362 g/mol. The van der Waals surface area contributed by atoms with Crippen LogP contribution in [0.15, 0.2) is 18.2 Å². The van der Waals surface area contributed by atoms with Gasteiger partial charge in [0.05, 0.1) is 28.8 Å². The van der Waals surface area contributed by atoms with Crippen molar-refractivity contribution in [2.24, 2.45) is 0 Å². The van der Waals surface area contributed by atoms with Crippen LogP contribution in [0.3, 0.4) is 0 Å². The number of aryl methyl sites for hydroxylation is 2. The lowest BCUT2D eigenvalue weighted by molar-refractivity contribution is -0.384. The highest BCUT2D eigenvalue weighted by molar-refractivity contribution is 7.13. The number of hydrogen-bond donors (Lipinski definition) is 1. The third kappa shape index (κ3) is 4.33. The van der Waals surface area contributed by atoms with Crippen LogP contribution in [0.2, 0.25) is 0 Å². The number of rotatable bonds is 6. The first-order chi connectivity index (χ1) is 12.2. The fraction of sp³-hybridized carbons (Fsp3) is 0.312. The Morgan fingerprint density at radius 2 is 2.04 bits per heavy atom. The maximum Gasteiger partial charge on any atom is 0.351 e. The number of aromatic nitrogens is 1. The molecule has 1 atom stereocenters. The van der Waals surface area contributed by atoms with Crippen molar-refractivity contribution in [3.63, 3.8) is 0 Å². The van der Waals surface area contributed by atoms with Gasteiger partial charge in [0.25, 0.3) is 11.6 Å². The van der Waals surface area contributed by atoms with Crippen LogP contribution in [0, 0.1) is 24.0 Å². The van der Waals surface area contributed by atoms with Gasteiger partial charge in [0.2, 0.25) is 0 Å². The maximum absolute atomic E-state index is 12.2. The minimum absolute atomic E-state index is 0.0199. The molecule has 0 saturated carbocycles. The molecule has 1 aromatic carbocycles. The summed E-state index contributed by atoms with van der Waals surface area (Å²) in [6.45, 7) is 4.81. The van der Waals surface area contributed by atoms with E-state index in [1.165, 1.54) is 43.6 Å². The van der Waals surface area contributed by atoms with Crippen LogP contribution in [-0.2, 0) is 9.53 Å². The second-order valence-electron chi connectivity index (χ2n) is 5.32. The number of methoxy groups -OCH3 is 1. The summed E-state index contributed by atoms with van der Waals surface area (Å²) in [7, 11) is 1.38. The van der Waals surface area contributed by atoms with Gasteiger partial charge in [0.15, 0.2) is 6.10 Å². The van der Waals surface area contributed by atoms with Crippen molar-refractivity contribution in [1.82, 2.24) is 4.98 Å². The molecule has 0 unspecified atom stereocenters. The molecule has 2 rings (SSSR count). The molecule has 0 bridgehead atoms. The lowest BCUT2D eigenvalue weighted by Gasteiger charge is -2.13. The van der Waals surface area contributed by atoms with Gasteiger partial charge in [-0.15, -0.1) is 11.3 Å². The van der Waals surface area contributed by atoms with Crippen LogP contribution in [0.25, 0.3) is 0 Å². The summed E-state index contributed by atoms with van der Waals surface area (Å²) in [4.78, 5) is 39.4. The first-order valence-electron chi connectivity index (χ1n) is 7.51. The van der Waals surface area contributed by atoms with Crippen molar-refractivity contribution in [3.05, 3.63) is 43.9 Å². The fourth-order valence-electron chi connectivity index (χ4n) is 2.12. The van der Waals surface area contributed by atoms with E-state index in [0.29, 0.717) is 15.6 Å². The van der Waals surface area contributed by atoms with Gasteiger partial charge in [0, 0.05) is 0 Å². The maximum atomic E-state index is 12.2. The molecule has 2 aromatic rings. The highest BCUT2D eigenvalue weighted by Crippen LogP contribution is 2.29. The number of amides is 1. The smallest absolute Gasteiger partial charge is 0.351 e. The second-order valence-corrected chi connectivity index (χ2v) is 6.53. The molecule has 1 amide bonds. The monoisotopic (exact) mass is 379 g/mol. The molecule has 0 fully saturated rings. The molecule has 9 nitrogen and oxygen atoms in total. The Bertz CT molecular complexity index is 864. The van der Waals surface area contributed by atoms with Crippen LogP contribution in [0.4, 0.5) is 11.4 Å². The normalized spacial score (nSPS) is 11.5. The van der Waals surface area contributed by atoms with Crippen molar-refractivity contribution in [2.75, 3.05) is 12.4 Å². The van der Waals surface area contributed by atoms with Crippen LogP contribution in [0.1, 0.15) is 27.3 Å². The number of thiazole rings is 1. The number of benzene rings is 1. The van der Waals surface area contributed by atoms with Crippen molar-refractivity contribution >= 4 is 34.6 Å². The van der Waals surface area contributed by atoms with Gasteiger partial charge in [-0.05, 0) is 32.9 Å². The predicted molar refractivity (Wildman–Crippen MR) is 94.7 cm³/mol. The summed E-state index contributed by atoms with van der Waals surface area (Å²) in [5.74, 6) is -1.07. The number of nitrogens with zero attached hydrogens (tertiary/aromatic N) is 2. The Labute approximate surface area is 153 Å². The number of nitro benzene ring substituents is 1. The zero-order valence-corrected chi connectivity index (χ0v) is 15.4. The molecule has 1 N–H and O–H groups in total. The van der Waals surface area contributed by atoms with Gasteiger partial charge in [-0.3, -0.25) is 14.9 Å². The number of nitro groups is 1. The number of esters is 1. The quantitative estimate of drug-likeness (QED) is 0.465. The van der Waals surface area contributed by atoms with Gasteiger partial charge in [-0.1, -0.05) is 0 Å². The van der Waals surface area contributed by atoms with E-state index in [2.05, 4.69) is 10.3 Å². The number of ether oxygens (including phenoxy) is 2. The molecule has 0 saturated heterocycles. The average Bonchev–Trinajstić information content (AvgIpc) is 2.93.